The lowest BCUT2D eigenvalue weighted by atomic mass is 10.00. The maximum atomic E-state index is 9.88. The Balaban J connectivity index is 1.50. The summed E-state index contributed by atoms with van der Waals surface area (Å²) in [5.74, 6) is 0. The Bertz CT molecular complexity index is 601. The van der Waals surface area contributed by atoms with Gasteiger partial charge in [0.25, 0.3) is 0 Å². The topological polar surface area (TPSA) is 49.2 Å². The zero-order valence-electron chi connectivity index (χ0n) is 11.9. The lowest BCUT2D eigenvalue weighted by Crippen LogP contribution is -2.44. The molecule has 4 rings (SSSR count). The highest BCUT2D eigenvalue weighted by Gasteiger charge is 2.40. The number of rotatable bonds is 3. The van der Waals surface area contributed by atoms with Gasteiger partial charge in [-0.05, 0) is 37.8 Å². The fourth-order valence-corrected chi connectivity index (χ4v) is 4.46. The van der Waals surface area contributed by atoms with Crippen molar-refractivity contribution in [1.29, 1.82) is 0 Å². The first-order chi connectivity index (χ1) is 10.3. The molecular weight excluding hydrogens is 282 g/mol. The molecule has 2 aliphatic heterocycles. The molecule has 0 aliphatic carbocycles. The van der Waals surface area contributed by atoms with Crippen molar-refractivity contribution in [2.45, 2.75) is 50.4 Å². The van der Waals surface area contributed by atoms with E-state index in [9.17, 15) is 5.11 Å². The maximum Gasteiger partial charge on any atom is 0.142 e. The molecule has 2 unspecified atom stereocenters. The lowest BCUT2D eigenvalue weighted by Gasteiger charge is -2.36. The highest BCUT2D eigenvalue weighted by molar-refractivity contribution is 7.13. The van der Waals surface area contributed by atoms with Gasteiger partial charge in [-0.3, -0.25) is 9.88 Å². The molecule has 0 radical (unpaired) electrons. The molecule has 2 fully saturated rings. The van der Waals surface area contributed by atoms with Crippen LogP contribution in [0.2, 0.25) is 0 Å². The highest BCUT2D eigenvalue weighted by Crippen LogP contribution is 2.37. The lowest BCUT2D eigenvalue weighted by molar-refractivity contribution is 0.0305. The van der Waals surface area contributed by atoms with Crippen molar-refractivity contribution in [2.24, 2.45) is 0 Å². The van der Waals surface area contributed by atoms with E-state index in [2.05, 4.69) is 15.3 Å². The number of aromatic nitrogens is 2. The summed E-state index contributed by atoms with van der Waals surface area (Å²) in [4.78, 5) is 11.7. The minimum atomic E-state index is -0.0988. The van der Waals surface area contributed by atoms with Crippen LogP contribution >= 0.6 is 11.3 Å². The normalized spacial score (nSPS) is 28.9. The van der Waals surface area contributed by atoms with E-state index >= 15 is 0 Å². The summed E-state index contributed by atoms with van der Waals surface area (Å²) in [7, 11) is 0. The van der Waals surface area contributed by atoms with Gasteiger partial charge in [0.05, 0.1) is 17.5 Å². The summed E-state index contributed by atoms with van der Waals surface area (Å²) in [6, 6.07) is 7.01. The van der Waals surface area contributed by atoms with Crippen LogP contribution in [0.1, 0.15) is 31.4 Å². The molecule has 2 bridgehead atoms. The second kappa shape index (κ2) is 5.48. The summed E-state index contributed by atoms with van der Waals surface area (Å²) in [6.45, 7) is 0.908. The summed E-state index contributed by atoms with van der Waals surface area (Å²) in [6.07, 6.45) is 6.00. The highest BCUT2D eigenvalue weighted by atomic mass is 32.1. The van der Waals surface area contributed by atoms with Gasteiger partial charge in [0.1, 0.15) is 5.01 Å². The van der Waals surface area contributed by atoms with Crippen LogP contribution in [0.15, 0.2) is 29.8 Å². The largest absolute Gasteiger partial charge is 0.393 e. The van der Waals surface area contributed by atoms with Crippen molar-refractivity contribution < 1.29 is 5.11 Å². The number of fused-ring (bicyclic) bond motifs is 2. The Hall–Kier alpha value is -1.30. The first-order valence-corrected chi connectivity index (χ1v) is 8.47. The molecule has 2 saturated heterocycles. The first-order valence-electron chi connectivity index (χ1n) is 7.59. The van der Waals surface area contributed by atoms with E-state index in [0.29, 0.717) is 12.1 Å². The molecule has 110 valence electrons. The van der Waals surface area contributed by atoms with Crippen molar-refractivity contribution in [3.63, 3.8) is 0 Å². The smallest absolute Gasteiger partial charge is 0.142 e. The molecule has 0 saturated carbocycles. The van der Waals surface area contributed by atoms with E-state index in [1.165, 1.54) is 12.8 Å². The molecule has 5 heteroatoms. The molecule has 4 nitrogen and oxygen atoms in total. The van der Waals surface area contributed by atoms with Crippen LogP contribution in [0.5, 0.6) is 0 Å². The third-order valence-corrected chi connectivity index (χ3v) is 5.55. The second-order valence-electron chi connectivity index (χ2n) is 6.04. The number of nitrogens with zero attached hydrogens (tertiary/aromatic N) is 3. The fourth-order valence-electron chi connectivity index (χ4n) is 3.68. The third kappa shape index (κ3) is 2.61. The van der Waals surface area contributed by atoms with Crippen LogP contribution in [0, 0.1) is 0 Å². The molecule has 2 aliphatic rings. The van der Waals surface area contributed by atoms with Crippen LogP contribution in [0.3, 0.4) is 0 Å². The van der Waals surface area contributed by atoms with Crippen molar-refractivity contribution in [3.05, 3.63) is 35.5 Å². The molecule has 4 heterocycles. The minimum absolute atomic E-state index is 0.0988. The first kappa shape index (κ1) is 13.4. The monoisotopic (exact) mass is 301 g/mol. The zero-order valence-corrected chi connectivity index (χ0v) is 12.7. The van der Waals surface area contributed by atoms with Crippen LogP contribution in [-0.2, 0) is 6.54 Å². The van der Waals surface area contributed by atoms with Gasteiger partial charge in [-0.15, -0.1) is 11.3 Å². The van der Waals surface area contributed by atoms with E-state index in [1.807, 2.05) is 24.4 Å². The Kier molecular flexibility index (Phi) is 3.49. The van der Waals surface area contributed by atoms with Gasteiger partial charge < -0.3 is 5.11 Å². The SMILES string of the molecule is OC1CC2CCC(C1)N2Cc1csc(-c2ccccn2)n1. The number of piperidine rings is 1. The summed E-state index contributed by atoms with van der Waals surface area (Å²) in [5, 5.41) is 13.0. The molecule has 0 spiro atoms. The molecule has 0 amide bonds. The Morgan fingerprint density at radius 1 is 1.24 bits per heavy atom. The number of aliphatic hydroxyl groups excluding tert-OH is 1. The van der Waals surface area contributed by atoms with Gasteiger partial charge >= 0.3 is 0 Å². The van der Waals surface area contributed by atoms with Crippen molar-refractivity contribution in [2.75, 3.05) is 0 Å². The van der Waals surface area contributed by atoms with Crippen LogP contribution in [0.25, 0.3) is 10.7 Å². The minimum Gasteiger partial charge on any atom is -0.393 e. The Morgan fingerprint density at radius 2 is 2.05 bits per heavy atom. The third-order valence-electron chi connectivity index (χ3n) is 4.64. The summed E-state index contributed by atoms with van der Waals surface area (Å²) >= 11 is 1.66. The number of pyridine rings is 1. The van der Waals surface area contributed by atoms with Gasteiger partial charge in [-0.2, -0.15) is 0 Å². The zero-order chi connectivity index (χ0) is 14.2. The van der Waals surface area contributed by atoms with E-state index < -0.39 is 0 Å². The van der Waals surface area contributed by atoms with Crippen molar-refractivity contribution >= 4 is 11.3 Å². The predicted molar refractivity (Wildman–Crippen MR) is 82.9 cm³/mol. The van der Waals surface area contributed by atoms with Gasteiger partial charge in [0.15, 0.2) is 0 Å². The van der Waals surface area contributed by atoms with E-state index in [-0.39, 0.29) is 6.10 Å². The molecule has 0 aromatic carbocycles. The number of aliphatic hydroxyl groups is 1. The average molecular weight is 301 g/mol. The van der Waals surface area contributed by atoms with Crippen molar-refractivity contribution in [1.82, 2.24) is 14.9 Å². The molecule has 2 aromatic heterocycles. The van der Waals surface area contributed by atoms with E-state index in [4.69, 9.17) is 4.98 Å². The fraction of sp³-hybridized carbons (Fsp3) is 0.500. The van der Waals surface area contributed by atoms with E-state index in [0.717, 1.165) is 35.8 Å². The molecule has 21 heavy (non-hydrogen) atoms. The van der Waals surface area contributed by atoms with Gasteiger partial charge in [0, 0.05) is 30.2 Å². The Morgan fingerprint density at radius 3 is 2.76 bits per heavy atom. The number of hydrogen-bond donors (Lipinski definition) is 1. The second-order valence-corrected chi connectivity index (χ2v) is 6.90. The standard InChI is InChI=1S/C16H19N3OS/c20-14-7-12-4-5-13(8-14)19(12)9-11-10-21-16(18-11)15-3-1-2-6-17-15/h1-3,6,10,12-14,20H,4-5,7-9H2. The van der Waals surface area contributed by atoms with Gasteiger partial charge in [-0.1, -0.05) is 6.07 Å². The average Bonchev–Trinajstić information content (AvgIpc) is 3.05. The Labute approximate surface area is 128 Å². The van der Waals surface area contributed by atoms with E-state index in [1.54, 1.807) is 11.3 Å². The maximum absolute atomic E-state index is 9.88. The molecule has 2 atom stereocenters. The van der Waals surface area contributed by atoms with Crippen LogP contribution in [-0.4, -0.2) is 38.2 Å². The van der Waals surface area contributed by atoms with Crippen LogP contribution < -0.4 is 0 Å². The van der Waals surface area contributed by atoms with Crippen molar-refractivity contribution in [3.8, 4) is 10.7 Å². The molecular formula is C16H19N3OS. The summed E-state index contributed by atoms with van der Waals surface area (Å²) in [5.41, 5.74) is 2.08. The summed E-state index contributed by atoms with van der Waals surface area (Å²) < 4.78 is 0. The quantitative estimate of drug-likeness (QED) is 0.947. The predicted octanol–water partition coefficient (Wildman–Crippen LogP) is 2.69. The molecule has 1 N–H and O–H groups in total. The molecule has 2 aromatic rings. The van der Waals surface area contributed by atoms with Crippen LogP contribution in [0.4, 0.5) is 0 Å². The number of hydrogen-bond acceptors (Lipinski definition) is 5. The van der Waals surface area contributed by atoms with Gasteiger partial charge in [-0.25, -0.2) is 4.98 Å². The number of thiazole rings is 1. The van der Waals surface area contributed by atoms with Gasteiger partial charge in [0.2, 0.25) is 0 Å².